The lowest BCUT2D eigenvalue weighted by Gasteiger charge is -2.28. The Morgan fingerprint density at radius 3 is 2.35 bits per heavy atom. The van der Waals surface area contributed by atoms with Crippen molar-refractivity contribution < 1.29 is 19.2 Å². The zero-order chi connectivity index (χ0) is 17.8. The molecule has 1 aromatic rings. The van der Waals surface area contributed by atoms with E-state index in [-0.39, 0.29) is 0 Å². The summed E-state index contributed by atoms with van der Waals surface area (Å²) >= 11 is 6.03. The van der Waals surface area contributed by atoms with Gasteiger partial charge in [-0.2, -0.15) is 0 Å². The van der Waals surface area contributed by atoms with Gasteiger partial charge in [-0.3, -0.25) is 10.1 Å². The molecule has 0 aliphatic heterocycles. The molecule has 0 bridgehead atoms. The molecule has 23 heavy (non-hydrogen) atoms. The largest absolute Gasteiger partial charge is 0.496 e. The molecule has 0 fully saturated rings. The number of hydrogen-bond acceptors (Lipinski definition) is 5. The van der Waals surface area contributed by atoms with Gasteiger partial charge in [0.05, 0.1) is 12.0 Å². The molecule has 1 amide bonds. The number of alkyl halides is 2. The van der Waals surface area contributed by atoms with Gasteiger partial charge in [0.2, 0.25) is 0 Å². The highest BCUT2D eigenvalue weighted by Gasteiger charge is 2.49. The summed E-state index contributed by atoms with van der Waals surface area (Å²) in [4.78, 5) is 22.9. The Hall–Kier alpha value is -1.35. The molecule has 1 aromatic carbocycles. The number of hydrogen-bond donors (Lipinski definition) is 1. The number of carbonyl (C=O) groups is 1. The number of methoxy groups -OCH3 is 1. The monoisotopic (exact) mass is 452 g/mol. The van der Waals surface area contributed by atoms with Gasteiger partial charge in [-0.15, -0.1) is 0 Å². The number of para-hydroxylation sites is 1. The Morgan fingerprint density at radius 2 is 1.87 bits per heavy atom. The fourth-order valence-electron chi connectivity index (χ4n) is 1.79. The molecule has 0 saturated carbocycles. The standard InChI is InChI=1S/C14H18Br2N2O5/c1-13(2,3)23-12(19)17-11(14(15,16)18(20)21)9-7-5-6-8-10(9)22-4/h5-8,11H,1-4H3,(H,17,19)/t11-/m1/s1. The second-order valence-corrected chi connectivity index (χ2v) is 9.15. The smallest absolute Gasteiger partial charge is 0.408 e. The van der Waals surface area contributed by atoms with E-state index in [4.69, 9.17) is 9.47 Å². The van der Waals surface area contributed by atoms with Gasteiger partial charge in [-0.1, -0.05) is 18.2 Å². The maximum Gasteiger partial charge on any atom is 0.408 e. The maximum atomic E-state index is 12.1. The van der Waals surface area contributed by atoms with Crippen LogP contribution >= 0.6 is 31.9 Å². The second kappa shape index (κ2) is 7.48. The third-order valence-corrected chi connectivity index (χ3v) is 4.20. The summed E-state index contributed by atoms with van der Waals surface area (Å²) < 4.78 is 8.58. The predicted molar refractivity (Wildman–Crippen MR) is 92.7 cm³/mol. The molecule has 0 heterocycles. The lowest BCUT2D eigenvalue weighted by Crippen LogP contribution is -2.45. The van der Waals surface area contributed by atoms with E-state index in [1.54, 1.807) is 45.0 Å². The average Bonchev–Trinajstić information content (AvgIpc) is 2.42. The predicted octanol–water partition coefficient (Wildman–Crippen LogP) is 3.98. The molecule has 128 valence electrons. The molecular weight excluding hydrogens is 436 g/mol. The second-order valence-electron chi connectivity index (χ2n) is 5.67. The van der Waals surface area contributed by atoms with Gasteiger partial charge in [0, 0.05) is 37.4 Å². The highest BCUT2D eigenvalue weighted by Crippen LogP contribution is 2.43. The van der Waals surface area contributed by atoms with Crippen LogP contribution < -0.4 is 10.1 Å². The minimum absolute atomic E-state index is 0.402. The zero-order valence-corrected chi connectivity index (χ0v) is 16.3. The Morgan fingerprint density at radius 1 is 1.30 bits per heavy atom. The lowest BCUT2D eigenvalue weighted by molar-refractivity contribution is -0.509. The summed E-state index contributed by atoms with van der Waals surface area (Å²) in [6.07, 6.45) is -0.779. The Bertz CT molecular complexity index is 587. The Balaban J connectivity index is 3.23. The number of nitrogens with one attached hydrogen (secondary N) is 1. The molecule has 9 heteroatoms. The van der Waals surface area contributed by atoms with E-state index < -0.39 is 26.0 Å². The van der Waals surface area contributed by atoms with Gasteiger partial charge in [0.15, 0.2) is 6.04 Å². The maximum absolute atomic E-state index is 12.1. The van der Waals surface area contributed by atoms with Crippen LogP contribution in [0.25, 0.3) is 0 Å². The number of alkyl carbamates (subject to hydrolysis) is 1. The minimum Gasteiger partial charge on any atom is -0.496 e. The number of carbonyl (C=O) groups excluding carboxylic acids is 1. The van der Waals surface area contributed by atoms with Crippen molar-refractivity contribution in [2.45, 2.75) is 35.8 Å². The van der Waals surface area contributed by atoms with E-state index in [9.17, 15) is 14.9 Å². The van der Waals surface area contributed by atoms with E-state index in [0.29, 0.717) is 11.3 Å². The molecule has 1 atom stereocenters. The summed E-state index contributed by atoms with van der Waals surface area (Å²) in [6.45, 7) is 5.11. The molecule has 0 unspecified atom stereocenters. The van der Waals surface area contributed by atoms with Gasteiger partial charge < -0.3 is 14.8 Å². The van der Waals surface area contributed by atoms with Gasteiger partial charge in [0.25, 0.3) is 0 Å². The number of halogens is 2. The third-order valence-electron chi connectivity index (χ3n) is 2.70. The molecule has 0 saturated heterocycles. The fourth-order valence-corrected chi connectivity index (χ4v) is 2.51. The normalized spacial score (nSPS) is 13.1. The number of ether oxygens (including phenoxy) is 2. The van der Waals surface area contributed by atoms with E-state index >= 15 is 0 Å². The lowest BCUT2D eigenvalue weighted by atomic mass is 10.1. The summed E-state index contributed by atoms with van der Waals surface area (Å²) in [6, 6.07) is 5.61. The van der Waals surface area contributed by atoms with Crippen LogP contribution in [-0.2, 0) is 4.74 Å². The van der Waals surface area contributed by atoms with Gasteiger partial charge in [-0.25, -0.2) is 4.79 Å². The third kappa shape index (κ3) is 5.35. The molecule has 0 aliphatic carbocycles. The van der Waals surface area contributed by atoms with Crippen LogP contribution in [0.15, 0.2) is 24.3 Å². The first-order valence-electron chi connectivity index (χ1n) is 6.63. The van der Waals surface area contributed by atoms with Crippen molar-refractivity contribution in [3.63, 3.8) is 0 Å². The number of rotatable bonds is 5. The van der Waals surface area contributed by atoms with Crippen LogP contribution in [0.2, 0.25) is 0 Å². The SMILES string of the molecule is COc1ccccc1[C@@H](NC(=O)OC(C)(C)C)C(Br)(Br)[N+](=O)[O-]. The molecule has 1 N–H and O–H groups in total. The molecule has 0 aliphatic rings. The van der Waals surface area contributed by atoms with Crippen LogP contribution in [0.4, 0.5) is 4.79 Å². The molecule has 1 rings (SSSR count). The van der Waals surface area contributed by atoms with Crippen molar-refractivity contribution in [3.8, 4) is 5.75 Å². The first-order valence-corrected chi connectivity index (χ1v) is 8.22. The van der Waals surface area contributed by atoms with Crippen LogP contribution in [0, 0.1) is 10.1 Å². The van der Waals surface area contributed by atoms with Gasteiger partial charge >= 0.3 is 9.45 Å². The number of benzene rings is 1. The topological polar surface area (TPSA) is 90.7 Å². The zero-order valence-electron chi connectivity index (χ0n) is 13.1. The van der Waals surface area contributed by atoms with Crippen LogP contribution in [0.3, 0.4) is 0 Å². The van der Waals surface area contributed by atoms with E-state index in [1.807, 2.05) is 0 Å². The summed E-state index contributed by atoms with van der Waals surface area (Å²) in [7, 11) is 1.44. The van der Waals surface area contributed by atoms with Crippen LogP contribution in [-0.4, -0.2) is 27.1 Å². The molecular formula is C14H18Br2N2O5. The van der Waals surface area contributed by atoms with Crippen molar-refractivity contribution in [2.24, 2.45) is 0 Å². The average molecular weight is 454 g/mol. The van der Waals surface area contributed by atoms with Crippen molar-refractivity contribution in [3.05, 3.63) is 39.9 Å². The first-order chi connectivity index (χ1) is 10.5. The highest BCUT2D eigenvalue weighted by molar-refractivity contribution is 9.25. The van der Waals surface area contributed by atoms with Crippen molar-refractivity contribution >= 4 is 38.0 Å². The van der Waals surface area contributed by atoms with Crippen LogP contribution in [0.5, 0.6) is 5.75 Å². The quantitative estimate of drug-likeness (QED) is 0.315. The number of amides is 1. The fraction of sp³-hybridized carbons (Fsp3) is 0.500. The Kier molecular flexibility index (Phi) is 6.41. The van der Waals surface area contributed by atoms with Gasteiger partial charge in [-0.05, 0) is 26.8 Å². The highest BCUT2D eigenvalue weighted by atomic mass is 79.9. The Labute approximate surface area is 151 Å². The van der Waals surface area contributed by atoms with E-state index in [2.05, 4.69) is 37.2 Å². The molecule has 0 aromatic heterocycles. The minimum atomic E-state index is -1.83. The van der Waals surface area contributed by atoms with Crippen molar-refractivity contribution in [2.75, 3.05) is 7.11 Å². The number of nitro groups is 1. The van der Waals surface area contributed by atoms with Crippen LogP contribution in [0.1, 0.15) is 32.4 Å². The van der Waals surface area contributed by atoms with E-state index in [1.165, 1.54) is 7.11 Å². The summed E-state index contributed by atoms with van der Waals surface area (Å²) in [5.41, 5.74) is -0.308. The molecule has 0 spiro atoms. The molecule has 0 radical (unpaired) electrons. The van der Waals surface area contributed by atoms with E-state index in [0.717, 1.165) is 0 Å². The van der Waals surface area contributed by atoms with Gasteiger partial charge in [0.1, 0.15) is 11.4 Å². The summed E-state index contributed by atoms with van der Waals surface area (Å²) in [5.74, 6) is 0.402. The molecule has 7 nitrogen and oxygen atoms in total. The number of nitrogens with zero attached hydrogens (tertiary/aromatic N) is 1. The van der Waals surface area contributed by atoms with Crippen molar-refractivity contribution in [1.82, 2.24) is 5.32 Å². The first kappa shape index (κ1) is 19.7. The summed E-state index contributed by atoms with van der Waals surface area (Å²) in [5, 5.41) is 13.9. The van der Waals surface area contributed by atoms with Crippen molar-refractivity contribution in [1.29, 1.82) is 0 Å².